The summed E-state index contributed by atoms with van der Waals surface area (Å²) in [6.07, 6.45) is 0. The van der Waals surface area contributed by atoms with Crippen LogP contribution in [0.4, 0.5) is 11.4 Å². The van der Waals surface area contributed by atoms with Gasteiger partial charge in [0.1, 0.15) is 0 Å². The van der Waals surface area contributed by atoms with Gasteiger partial charge in [0.05, 0.1) is 10.7 Å². The van der Waals surface area contributed by atoms with Gasteiger partial charge in [-0.25, -0.2) is 0 Å². The zero-order valence-corrected chi connectivity index (χ0v) is 17.5. The molecule has 3 rings (SSSR count). The van der Waals surface area contributed by atoms with Gasteiger partial charge in [0.2, 0.25) is 0 Å². The van der Waals surface area contributed by atoms with E-state index >= 15 is 0 Å². The van der Waals surface area contributed by atoms with E-state index in [1.165, 1.54) is 11.3 Å². The third-order valence-corrected chi connectivity index (χ3v) is 5.62. The Morgan fingerprint density at radius 2 is 1.92 bits per heavy atom. The lowest BCUT2D eigenvalue weighted by molar-refractivity contribution is 0.342. The van der Waals surface area contributed by atoms with Crippen molar-refractivity contribution >= 4 is 56.2 Å². The smallest absolute Gasteiger partial charge is 0.173 e. The number of hydrogen-bond acceptors (Lipinski definition) is 2. The van der Waals surface area contributed by atoms with E-state index in [4.69, 9.17) is 23.8 Å². The fourth-order valence-corrected chi connectivity index (χ4v) is 4.04. The first-order valence-corrected chi connectivity index (χ1v) is 9.86. The normalized spacial score (nSPS) is 17.5. The summed E-state index contributed by atoms with van der Waals surface area (Å²) in [7, 11) is 0. The van der Waals surface area contributed by atoms with E-state index in [0.29, 0.717) is 11.1 Å². The molecular formula is C19H21BrClN3S. The highest BCUT2D eigenvalue weighted by atomic mass is 79.9. The summed E-state index contributed by atoms with van der Waals surface area (Å²) in [6.45, 7) is 7.07. The minimum Gasteiger partial charge on any atom is -0.365 e. The highest BCUT2D eigenvalue weighted by Gasteiger charge is 2.25. The van der Waals surface area contributed by atoms with Crippen molar-refractivity contribution in [2.45, 2.75) is 19.9 Å². The molecule has 25 heavy (non-hydrogen) atoms. The van der Waals surface area contributed by atoms with Crippen LogP contribution in [0.5, 0.6) is 0 Å². The third kappa shape index (κ3) is 4.46. The summed E-state index contributed by atoms with van der Waals surface area (Å²) < 4.78 is 0.953. The van der Waals surface area contributed by atoms with Gasteiger partial charge in [0.25, 0.3) is 0 Å². The molecule has 3 nitrogen and oxygen atoms in total. The van der Waals surface area contributed by atoms with Crippen molar-refractivity contribution in [3.8, 4) is 0 Å². The summed E-state index contributed by atoms with van der Waals surface area (Å²) in [5.74, 6) is 0. The summed E-state index contributed by atoms with van der Waals surface area (Å²) in [5.41, 5.74) is 3.39. The van der Waals surface area contributed by atoms with Crippen LogP contribution in [0, 0.1) is 6.92 Å². The number of nitrogens with one attached hydrogen (secondary N) is 1. The van der Waals surface area contributed by atoms with Gasteiger partial charge >= 0.3 is 0 Å². The van der Waals surface area contributed by atoms with Crippen molar-refractivity contribution in [1.29, 1.82) is 0 Å². The Hall–Kier alpha value is -1.30. The van der Waals surface area contributed by atoms with Gasteiger partial charge < -0.3 is 15.1 Å². The first-order chi connectivity index (χ1) is 11.9. The Bertz CT molecular complexity index is 766. The molecule has 6 heteroatoms. The predicted molar refractivity (Wildman–Crippen MR) is 115 cm³/mol. The van der Waals surface area contributed by atoms with Gasteiger partial charge in [0.15, 0.2) is 5.11 Å². The second kappa shape index (κ2) is 7.94. The summed E-state index contributed by atoms with van der Waals surface area (Å²) in [6, 6.07) is 14.9. The topological polar surface area (TPSA) is 18.5 Å². The van der Waals surface area contributed by atoms with Gasteiger partial charge in [-0.1, -0.05) is 45.2 Å². The molecule has 1 heterocycles. The van der Waals surface area contributed by atoms with Crippen LogP contribution in [0.15, 0.2) is 46.9 Å². The number of anilines is 2. The van der Waals surface area contributed by atoms with E-state index < -0.39 is 0 Å². The van der Waals surface area contributed by atoms with Crippen LogP contribution in [0.3, 0.4) is 0 Å². The lowest BCUT2D eigenvalue weighted by Crippen LogP contribution is -2.54. The molecule has 0 radical (unpaired) electrons. The van der Waals surface area contributed by atoms with E-state index in [1.807, 2.05) is 18.2 Å². The Labute approximate surface area is 168 Å². The molecule has 132 valence electrons. The number of thiocarbonyl (C=S) groups is 1. The lowest BCUT2D eigenvalue weighted by atomic mass is 10.1. The van der Waals surface area contributed by atoms with E-state index in [-0.39, 0.29) is 0 Å². The van der Waals surface area contributed by atoms with Crippen LogP contribution >= 0.6 is 39.7 Å². The molecule has 2 aromatic rings. The number of nitrogens with zero attached hydrogens (tertiary/aromatic N) is 2. The summed E-state index contributed by atoms with van der Waals surface area (Å²) in [5, 5.41) is 4.65. The van der Waals surface area contributed by atoms with Gasteiger partial charge in [-0.2, -0.15) is 0 Å². The van der Waals surface area contributed by atoms with Crippen LogP contribution in [0.25, 0.3) is 0 Å². The highest BCUT2D eigenvalue weighted by Crippen LogP contribution is 2.27. The average molecular weight is 439 g/mol. The zero-order valence-electron chi connectivity index (χ0n) is 14.3. The van der Waals surface area contributed by atoms with E-state index in [1.54, 1.807) is 0 Å². The van der Waals surface area contributed by atoms with Gasteiger partial charge in [-0.05, 0) is 56.4 Å². The summed E-state index contributed by atoms with van der Waals surface area (Å²) >= 11 is 15.3. The highest BCUT2D eigenvalue weighted by molar-refractivity contribution is 9.10. The van der Waals surface area contributed by atoms with Crippen LogP contribution in [-0.4, -0.2) is 35.7 Å². The Kier molecular flexibility index (Phi) is 5.87. The number of rotatable bonds is 2. The molecule has 0 amide bonds. The molecule has 0 spiro atoms. The number of hydrogen-bond donors (Lipinski definition) is 1. The van der Waals surface area contributed by atoms with Crippen molar-refractivity contribution in [2.24, 2.45) is 0 Å². The van der Waals surface area contributed by atoms with Gasteiger partial charge in [0, 0.05) is 35.8 Å². The monoisotopic (exact) mass is 437 g/mol. The molecule has 0 unspecified atom stereocenters. The quantitative estimate of drug-likeness (QED) is 0.639. The van der Waals surface area contributed by atoms with Gasteiger partial charge in [-0.15, -0.1) is 0 Å². The van der Waals surface area contributed by atoms with Crippen molar-refractivity contribution in [3.05, 3.63) is 57.5 Å². The molecule has 0 bridgehead atoms. The zero-order chi connectivity index (χ0) is 18.0. The number of aryl methyl sites for hydroxylation is 1. The fourth-order valence-electron chi connectivity index (χ4n) is 3.05. The van der Waals surface area contributed by atoms with Crippen LogP contribution < -0.4 is 10.2 Å². The molecule has 1 atom stereocenters. The molecule has 1 aliphatic heterocycles. The fraction of sp³-hybridized carbons (Fsp3) is 0.316. The molecule has 1 aliphatic rings. The maximum Gasteiger partial charge on any atom is 0.173 e. The minimum atomic E-state index is 0.386. The third-order valence-electron chi connectivity index (χ3n) is 4.45. The molecule has 1 fully saturated rings. The van der Waals surface area contributed by atoms with Crippen molar-refractivity contribution < 1.29 is 0 Å². The molecule has 2 aromatic carbocycles. The maximum atomic E-state index is 6.28. The SMILES string of the molecule is Cc1ccc(N2CCN(C(=S)Nc3ccc(Br)cc3Cl)C[C@@H]2C)cc1. The predicted octanol–water partition coefficient (Wildman–Crippen LogP) is 5.32. The number of piperazine rings is 1. The maximum absolute atomic E-state index is 6.28. The lowest BCUT2D eigenvalue weighted by Gasteiger charge is -2.42. The Morgan fingerprint density at radius 3 is 2.56 bits per heavy atom. The first-order valence-electron chi connectivity index (χ1n) is 8.28. The van der Waals surface area contributed by atoms with Crippen LogP contribution in [-0.2, 0) is 0 Å². The molecular weight excluding hydrogens is 418 g/mol. The first kappa shape index (κ1) is 18.5. The van der Waals surface area contributed by atoms with Crippen molar-refractivity contribution in [3.63, 3.8) is 0 Å². The number of halogens is 2. The Morgan fingerprint density at radius 1 is 1.20 bits per heavy atom. The molecule has 0 aromatic heterocycles. The molecule has 0 saturated carbocycles. The largest absolute Gasteiger partial charge is 0.365 e. The molecule has 1 N–H and O–H groups in total. The van der Waals surface area contributed by atoms with Crippen molar-refractivity contribution in [1.82, 2.24) is 4.90 Å². The molecule has 1 saturated heterocycles. The Balaban J connectivity index is 1.64. The van der Waals surface area contributed by atoms with E-state index in [0.717, 1.165) is 34.9 Å². The van der Waals surface area contributed by atoms with E-state index in [9.17, 15) is 0 Å². The van der Waals surface area contributed by atoms with Crippen molar-refractivity contribution in [2.75, 3.05) is 29.9 Å². The van der Waals surface area contributed by atoms with Crippen LogP contribution in [0.1, 0.15) is 12.5 Å². The minimum absolute atomic E-state index is 0.386. The van der Waals surface area contributed by atoms with E-state index in [2.05, 4.69) is 69.2 Å². The average Bonchev–Trinajstić information content (AvgIpc) is 2.58. The van der Waals surface area contributed by atoms with Gasteiger partial charge in [-0.3, -0.25) is 0 Å². The summed E-state index contributed by atoms with van der Waals surface area (Å²) in [4.78, 5) is 4.65. The second-order valence-electron chi connectivity index (χ2n) is 6.38. The number of benzene rings is 2. The molecule has 0 aliphatic carbocycles. The standard InChI is InChI=1S/C19H21BrClN3S/c1-13-3-6-16(7-4-13)24-10-9-23(12-14(24)2)19(25)22-18-8-5-15(20)11-17(18)21/h3-8,11,14H,9-10,12H2,1-2H3,(H,22,25)/t14-/m0/s1. The second-order valence-corrected chi connectivity index (χ2v) is 8.09. The van der Waals surface area contributed by atoms with Crippen LogP contribution in [0.2, 0.25) is 5.02 Å².